The van der Waals surface area contributed by atoms with Crippen molar-refractivity contribution in [1.29, 1.82) is 0 Å². The summed E-state index contributed by atoms with van der Waals surface area (Å²) in [4.78, 5) is 23.7. The quantitative estimate of drug-likeness (QED) is 0.723. The standard InChI is InChI=1S/C15H20N2O3/c1-10-3-7-12(8-4-10)16-13(19)14(20)17-15(2,9-18)11-5-6-11/h3-4,7-8,11,18H,5-6,9H2,1-2H3,(H,16,19)(H,17,20). The molecular weight excluding hydrogens is 256 g/mol. The predicted octanol–water partition coefficient (Wildman–Crippen LogP) is 1.21. The van der Waals surface area contributed by atoms with Gasteiger partial charge in [0.25, 0.3) is 0 Å². The van der Waals surface area contributed by atoms with E-state index in [-0.39, 0.29) is 12.5 Å². The van der Waals surface area contributed by atoms with Gasteiger partial charge in [0, 0.05) is 5.69 Å². The van der Waals surface area contributed by atoms with Gasteiger partial charge in [-0.3, -0.25) is 9.59 Å². The molecule has 2 rings (SSSR count). The zero-order valence-electron chi connectivity index (χ0n) is 11.8. The van der Waals surface area contributed by atoms with Crippen LogP contribution in [0.3, 0.4) is 0 Å². The average molecular weight is 276 g/mol. The van der Waals surface area contributed by atoms with Crippen LogP contribution in [-0.2, 0) is 9.59 Å². The van der Waals surface area contributed by atoms with E-state index >= 15 is 0 Å². The highest BCUT2D eigenvalue weighted by molar-refractivity contribution is 6.39. The van der Waals surface area contributed by atoms with Gasteiger partial charge in [0.2, 0.25) is 0 Å². The lowest BCUT2D eigenvalue weighted by Crippen LogP contribution is -2.53. The number of aliphatic hydroxyl groups excluding tert-OH is 1. The van der Waals surface area contributed by atoms with Crippen molar-refractivity contribution in [2.24, 2.45) is 5.92 Å². The van der Waals surface area contributed by atoms with Gasteiger partial charge in [-0.15, -0.1) is 0 Å². The van der Waals surface area contributed by atoms with E-state index in [4.69, 9.17) is 0 Å². The molecular formula is C15H20N2O3. The molecule has 0 radical (unpaired) electrons. The Labute approximate surface area is 118 Å². The van der Waals surface area contributed by atoms with Crippen molar-refractivity contribution in [3.63, 3.8) is 0 Å². The molecule has 0 aromatic heterocycles. The minimum Gasteiger partial charge on any atom is -0.394 e. The van der Waals surface area contributed by atoms with E-state index < -0.39 is 17.4 Å². The molecule has 1 unspecified atom stereocenters. The van der Waals surface area contributed by atoms with Crippen LogP contribution in [0.5, 0.6) is 0 Å². The molecule has 1 aliphatic carbocycles. The Morgan fingerprint density at radius 3 is 2.35 bits per heavy atom. The van der Waals surface area contributed by atoms with Gasteiger partial charge in [0.1, 0.15) is 0 Å². The summed E-state index contributed by atoms with van der Waals surface area (Å²) in [6, 6.07) is 7.20. The van der Waals surface area contributed by atoms with E-state index in [1.165, 1.54) is 0 Å². The van der Waals surface area contributed by atoms with Crippen molar-refractivity contribution in [2.45, 2.75) is 32.2 Å². The molecule has 1 aliphatic rings. The monoisotopic (exact) mass is 276 g/mol. The van der Waals surface area contributed by atoms with Crippen LogP contribution < -0.4 is 10.6 Å². The zero-order valence-corrected chi connectivity index (χ0v) is 11.8. The molecule has 5 nitrogen and oxygen atoms in total. The van der Waals surface area contributed by atoms with Gasteiger partial charge in [0.05, 0.1) is 12.1 Å². The third-order valence-corrected chi connectivity index (χ3v) is 3.72. The Morgan fingerprint density at radius 1 is 1.25 bits per heavy atom. The minimum atomic E-state index is -0.714. The Hall–Kier alpha value is -1.88. The van der Waals surface area contributed by atoms with Gasteiger partial charge < -0.3 is 15.7 Å². The third kappa shape index (κ3) is 3.36. The molecule has 0 saturated heterocycles. The molecule has 0 bridgehead atoms. The average Bonchev–Trinajstić information content (AvgIpc) is 3.26. The number of anilines is 1. The number of hydrogen-bond donors (Lipinski definition) is 3. The second-order valence-corrected chi connectivity index (χ2v) is 5.62. The van der Waals surface area contributed by atoms with Crippen LogP contribution in [0.15, 0.2) is 24.3 Å². The number of benzene rings is 1. The highest BCUT2D eigenvalue weighted by Gasteiger charge is 2.42. The molecule has 1 aromatic carbocycles. The summed E-state index contributed by atoms with van der Waals surface area (Å²) in [6.45, 7) is 3.55. The number of amides is 2. The van der Waals surface area contributed by atoms with E-state index in [1.807, 2.05) is 19.1 Å². The smallest absolute Gasteiger partial charge is 0.313 e. The molecule has 108 valence electrons. The number of carbonyl (C=O) groups is 2. The molecule has 5 heteroatoms. The lowest BCUT2D eigenvalue weighted by molar-refractivity contribution is -0.137. The van der Waals surface area contributed by atoms with E-state index in [2.05, 4.69) is 10.6 Å². The normalized spacial score (nSPS) is 17.1. The summed E-state index contributed by atoms with van der Waals surface area (Å²) in [5, 5.41) is 14.6. The first-order chi connectivity index (χ1) is 9.44. The fraction of sp³-hybridized carbons (Fsp3) is 0.467. The molecule has 1 saturated carbocycles. The molecule has 0 spiro atoms. The van der Waals surface area contributed by atoms with Gasteiger partial charge in [-0.1, -0.05) is 17.7 Å². The van der Waals surface area contributed by atoms with Crippen LogP contribution in [-0.4, -0.2) is 29.1 Å². The lowest BCUT2D eigenvalue weighted by atomic mass is 9.97. The van der Waals surface area contributed by atoms with Gasteiger partial charge in [-0.25, -0.2) is 0 Å². The van der Waals surface area contributed by atoms with Crippen LogP contribution >= 0.6 is 0 Å². The Morgan fingerprint density at radius 2 is 1.85 bits per heavy atom. The first kappa shape index (κ1) is 14.5. The Balaban J connectivity index is 1.95. The highest BCUT2D eigenvalue weighted by atomic mass is 16.3. The minimum absolute atomic E-state index is 0.165. The van der Waals surface area contributed by atoms with E-state index in [0.717, 1.165) is 18.4 Å². The van der Waals surface area contributed by atoms with Crippen molar-refractivity contribution >= 4 is 17.5 Å². The van der Waals surface area contributed by atoms with Gasteiger partial charge in [0.15, 0.2) is 0 Å². The van der Waals surface area contributed by atoms with Crippen LogP contribution in [0.1, 0.15) is 25.3 Å². The number of carbonyl (C=O) groups excluding carboxylic acids is 2. The predicted molar refractivity (Wildman–Crippen MR) is 76.2 cm³/mol. The largest absolute Gasteiger partial charge is 0.394 e. The summed E-state index contributed by atoms with van der Waals surface area (Å²) in [6.07, 6.45) is 1.94. The van der Waals surface area contributed by atoms with Crippen molar-refractivity contribution in [3.05, 3.63) is 29.8 Å². The molecule has 3 N–H and O–H groups in total. The Bertz CT molecular complexity index is 508. The summed E-state index contributed by atoms with van der Waals surface area (Å²) in [5.41, 5.74) is 0.948. The van der Waals surface area contributed by atoms with Crippen molar-refractivity contribution in [3.8, 4) is 0 Å². The lowest BCUT2D eigenvalue weighted by Gasteiger charge is -2.28. The molecule has 0 heterocycles. The summed E-state index contributed by atoms with van der Waals surface area (Å²) < 4.78 is 0. The summed E-state index contributed by atoms with van der Waals surface area (Å²) in [5.74, 6) is -1.17. The molecule has 1 aromatic rings. The van der Waals surface area contributed by atoms with Gasteiger partial charge in [-0.2, -0.15) is 0 Å². The number of hydrogen-bond acceptors (Lipinski definition) is 3. The van der Waals surface area contributed by atoms with Gasteiger partial charge in [-0.05, 0) is 44.7 Å². The van der Waals surface area contributed by atoms with Crippen LogP contribution in [0, 0.1) is 12.8 Å². The van der Waals surface area contributed by atoms with Crippen LogP contribution in [0.2, 0.25) is 0 Å². The van der Waals surface area contributed by atoms with Crippen molar-refractivity contribution in [2.75, 3.05) is 11.9 Å². The van der Waals surface area contributed by atoms with E-state index in [1.54, 1.807) is 19.1 Å². The zero-order chi connectivity index (χ0) is 14.8. The maximum absolute atomic E-state index is 11.9. The summed E-state index contributed by atoms with van der Waals surface area (Å²) in [7, 11) is 0. The van der Waals surface area contributed by atoms with Crippen LogP contribution in [0.4, 0.5) is 5.69 Å². The van der Waals surface area contributed by atoms with Gasteiger partial charge >= 0.3 is 11.8 Å². The maximum atomic E-state index is 11.9. The molecule has 1 fully saturated rings. The fourth-order valence-electron chi connectivity index (χ4n) is 2.13. The fourth-order valence-corrected chi connectivity index (χ4v) is 2.13. The van der Waals surface area contributed by atoms with Crippen LogP contribution in [0.25, 0.3) is 0 Å². The maximum Gasteiger partial charge on any atom is 0.313 e. The second-order valence-electron chi connectivity index (χ2n) is 5.62. The Kier molecular flexibility index (Phi) is 4.09. The number of aryl methyl sites for hydroxylation is 1. The first-order valence-electron chi connectivity index (χ1n) is 6.75. The topological polar surface area (TPSA) is 78.4 Å². The molecule has 20 heavy (non-hydrogen) atoms. The first-order valence-corrected chi connectivity index (χ1v) is 6.75. The number of aliphatic hydroxyl groups is 1. The molecule has 0 aliphatic heterocycles. The molecule has 1 atom stereocenters. The van der Waals surface area contributed by atoms with E-state index in [0.29, 0.717) is 5.69 Å². The second kappa shape index (κ2) is 5.63. The highest BCUT2D eigenvalue weighted by Crippen LogP contribution is 2.39. The van der Waals surface area contributed by atoms with Crippen molar-refractivity contribution in [1.82, 2.24) is 5.32 Å². The summed E-state index contributed by atoms with van der Waals surface area (Å²) >= 11 is 0. The SMILES string of the molecule is Cc1ccc(NC(=O)C(=O)NC(C)(CO)C2CC2)cc1. The number of nitrogens with one attached hydrogen (secondary N) is 2. The van der Waals surface area contributed by atoms with Crippen molar-refractivity contribution < 1.29 is 14.7 Å². The molecule has 2 amide bonds. The third-order valence-electron chi connectivity index (χ3n) is 3.72. The number of rotatable bonds is 4. The van der Waals surface area contributed by atoms with E-state index in [9.17, 15) is 14.7 Å².